The molecule has 7 atom stereocenters. The number of aliphatic hydroxyl groups excluding tert-OH is 1. The van der Waals surface area contributed by atoms with Crippen molar-refractivity contribution < 1.29 is 33.8 Å². The number of nitrogens with zero attached hydrogens (tertiary/aromatic N) is 3. The minimum atomic E-state index is -1.26. The highest BCUT2D eigenvalue weighted by molar-refractivity contribution is 6.05. The summed E-state index contributed by atoms with van der Waals surface area (Å²) in [4.78, 5) is 61.1. The summed E-state index contributed by atoms with van der Waals surface area (Å²) in [5.41, 5.74) is 1.15. The molecule has 2 bridgehead atoms. The van der Waals surface area contributed by atoms with Crippen LogP contribution in [0.5, 0.6) is 0 Å². The smallest absolute Gasteiger partial charge is 0.306 e. The molecule has 2 aromatic carbocycles. The summed E-state index contributed by atoms with van der Waals surface area (Å²) < 4.78 is 12.2. The van der Waals surface area contributed by atoms with Gasteiger partial charge in [-0.1, -0.05) is 42.5 Å². The van der Waals surface area contributed by atoms with E-state index in [9.17, 15) is 24.3 Å². The van der Waals surface area contributed by atoms with Crippen LogP contribution in [0.25, 0.3) is 0 Å². The maximum Gasteiger partial charge on any atom is 0.306 e. The van der Waals surface area contributed by atoms with E-state index in [1.165, 1.54) is 4.90 Å². The molecule has 3 amide bonds. The maximum absolute atomic E-state index is 14.8. The number of esters is 1. The van der Waals surface area contributed by atoms with Crippen molar-refractivity contribution in [1.29, 1.82) is 0 Å². The SMILES string of the molecule is C=CCCC(=O)OC[C@H](NC(=O)[C@@H]1[C@@H]2CC[C@]3(O2)[C@H](C(=O)N(CC=C)c2ccc(N(CC)CC)cc2)N([C@H](C)CO)C(=O)[C@@H]13)c1ccccc1. The minimum Gasteiger partial charge on any atom is -0.463 e. The molecule has 2 N–H and O–H groups in total. The summed E-state index contributed by atoms with van der Waals surface area (Å²) in [5.74, 6) is -3.39. The maximum atomic E-state index is 14.8. The lowest BCUT2D eigenvalue weighted by Gasteiger charge is -2.38. The molecule has 3 aliphatic heterocycles. The number of carbonyl (C=O) groups is 4. The lowest BCUT2D eigenvalue weighted by Crippen LogP contribution is -2.58. The number of fused-ring (bicyclic) bond motifs is 1. The quantitative estimate of drug-likeness (QED) is 0.188. The van der Waals surface area contributed by atoms with E-state index in [4.69, 9.17) is 9.47 Å². The van der Waals surface area contributed by atoms with Gasteiger partial charge in [0.15, 0.2) is 0 Å². The Morgan fingerprint density at radius 1 is 1.08 bits per heavy atom. The molecule has 3 aliphatic rings. The highest BCUT2D eigenvalue weighted by Crippen LogP contribution is 2.59. The Morgan fingerprint density at radius 2 is 1.76 bits per heavy atom. The molecule has 0 radical (unpaired) electrons. The monoisotopic (exact) mass is 686 g/mol. The average Bonchev–Trinajstić information content (AvgIpc) is 3.79. The third kappa shape index (κ3) is 6.93. The zero-order chi connectivity index (χ0) is 36.0. The number of ether oxygens (including phenoxy) is 2. The van der Waals surface area contributed by atoms with Crippen molar-refractivity contribution in [1.82, 2.24) is 10.2 Å². The van der Waals surface area contributed by atoms with Gasteiger partial charge >= 0.3 is 5.97 Å². The highest BCUT2D eigenvalue weighted by atomic mass is 16.5. The number of rotatable bonds is 17. The number of nitrogens with one attached hydrogen (secondary N) is 1. The molecule has 268 valence electrons. The third-order valence-electron chi connectivity index (χ3n) is 10.4. The van der Waals surface area contributed by atoms with Crippen molar-refractivity contribution in [2.75, 3.05) is 42.6 Å². The Kier molecular flexibility index (Phi) is 11.8. The first-order valence-electron chi connectivity index (χ1n) is 17.7. The highest BCUT2D eigenvalue weighted by Gasteiger charge is 2.75. The molecule has 2 aromatic rings. The van der Waals surface area contributed by atoms with Crippen LogP contribution in [0.3, 0.4) is 0 Å². The van der Waals surface area contributed by atoms with Gasteiger partial charge in [0.05, 0.1) is 36.6 Å². The van der Waals surface area contributed by atoms with Crippen LogP contribution in [-0.4, -0.2) is 90.3 Å². The predicted octanol–water partition coefficient (Wildman–Crippen LogP) is 4.17. The molecule has 3 fully saturated rings. The van der Waals surface area contributed by atoms with Crippen LogP contribution in [0.4, 0.5) is 11.4 Å². The number of aliphatic hydroxyl groups is 1. The summed E-state index contributed by atoms with van der Waals surface area (Å²) in [7, 11) is 0. The topological polar surface area (TPSA) is 129 Å². The number of allylic oxidation sites excluding steroid dienone is 1. The van der Waals surface area contributed by atoms with Crippen LogP contribution in [0.1, 0.15) is 58.1 Å². The van der Waals surface area contributed by atoms with Crippen LogP contribution in [0.2, 0.25) is 0 Å². The first-order chi connectivity index (χ1) is 24.1. The van der Waals surface area contributed by atoms with Gasteiger partial charge in [-0.25, -0.2) is 0 Å². The predicted molar refractivity (Wildman–Crippen MR) is 191 cm³/mol. The van der Waals surface area contributed by atoms with E-state index in [-0.39, 0.29) is 32.1 Å². The molecule has 3 heterocycles. The Hall–Kier alpha value is -4.48. The second-order valence-electron chi connectivity index (χ2n) is 13.2. The number of anilines is 2. The van der Waals surface area contributed by atoms with E-state index in [2.05, 4.69) is 37.2 Å². The minimum absolute atomic E-state index is 0.0912. The Morgan fingerprint density at radius 3 is 2.38 bits per heavy atom. The van der Waals surface area contributed by atoms with Crippen molar-refractivity contribution in [2.24, 2.45) is 11.8 Å². The Balaban J connectivity index is 1.45. The number of hydrogen-bond acceptors (Lipinski definition) is 8. The van der Waals surface area contributed by atoms with Gasteiger partial charge < -0.3 is 34.6 Å². The van der Waals surface area contributed by atoms with Crippen molar-refractivity contribution in [3.05, 3.63) is 85.5 Å². The molecule has 0 unspecified atom stereocenters. The van der Waals surface area contributed by atoms with E-state index < -0.39 is 59.5 Å². The first kappa shape index (κ1) is 36.8. The molecule has 0 saturated carbocycles. The van der Waals surface area contributed by atoms with Gasteiger partial charge in [0, 0.05) is 37.4 Å². The molecule has 1 spiro atoms. The van der Waals surface area contributed by atoms with E-state index in [1.807, 2.05) is 54.6 Å². The van der Waals surface area contributed by atoms with Gasteiger partial charge in [-0.05, 0) is 69.9 Å². The fraction of sp³-hybridized carbons (Fsp3) is 0.487. The summed E-state index contributed by atoms with van der Waals surface area (Å²) in [6.45, 7) is 14.8. The van der Waals surface area contributed by atoms with E-state index >= 15 is 0 Å². The molecular formula is C39H50N4O7. The lowest BCUT2D eigenvalue weighted by atomic mass is 9.70. The molecule has 0 aliphatic carbocycles. The van der Waals surface area contributed by atoms with E-state index in [0.717, 1.165) is 24.3 Å². The number of hydrogen-bond donors (Lipinski definition) is 2. The largest absolute Gasteiger partial charge is 0.463 e. The van der Waals surface area contributed by atoms with Crippen LogP contribution < -0.4 is 15.1 Å². The number of benzene rings is 2. The van der Waals surface area contributed by atoms with Gasteiger partial charge in [-0.3, -0.25) is 19.2 Å². The summed E-state index contributed by atoms with van der Waals surface area (Å²) in [5, 5.41) is 13.3. The molecule has 11 heteroatoms. The standard InChI is InChI=1S/C39H50N4O7/c1-6-10-16-32(45)49-25-30(27-14-12-11-13-15-27)40-36(46)33-31-21-22-39(50-31)34(33)37(47)43(26(5)24-44)35(39)38(48)42(23-7-2)29-19-17-28(18-20-29)41(8-3)9-4/h6-7,11-15,17-20,26,30-31,33-35,44H,1-2,8-10,16,21-25H2,3-5H3,(H,40,46)/t26-,30+,31+,33-,34-,35+,39-/m1/s1. The van der Waals surface area contributed by atoms with Gasteiger partial charge in [0.1, 0.15) is 18.2 Å². The number of likely N-dealkylation sites (tertiary alicyclic amines) is 1. The van der Waals surface area contributed by atoms with Gasteiger partial charge in [0.2, 0.25) is 11.8 Å². The van der Waals surface area contributed by atoms with Crippen LogP contribution in [-0.2, 0) is 28.7 Å². The summed E-state index contributed by atoms with van der Waals surface area (Å²) in [6.07, 6.45) is 4.24. The number of amides is 3. The van der Waals surface area contributed by atoms with Gasteiger partial charge in [-0.2, -0.15) is 0 Å². The first-order valence-corrected chi connectivity index (χ1v) is 17.7. The van der Waals surface area contributed by atoms with Crippen molar-refractivity contribution in [3.63, 3.8) is 0 Å². The van der Waals surface area contributed by atoms with Crippen molar-refractivity contribution >= 4 is 35.1 Å². The summed E-state index contributed by atoms with van der Waals surface area (Å²) in [6, 6.07) is 14.5. The molecule has 5 rings (SSSR count). The van der Waals surface area contributed by atoms with Crippen LogP contribution in [0, 0.1) is 11.8 Å². The Bertz CT molecular complexity index is 1550. The fourth-order valence-corrected chi connectivity index (χ4v) is 7.91. The fourth-order valence-electron chi connectivity index (χ4n) is 7.91. The summed E-state index contributed by atoms with van der Waals surface area (Å²) >= 11 is 0. The molecule has 0 aromatic heterocycles. The lowest BCUT2D eigenvalue weighted by molar-refractivity contribution is -0.146. The molecular weight excluding hydrogens is 636 g/mol. The second-order valence-corrected chi connectivity index (χ2v) is 13.2. The van der Waals surface area contributed by atoms with E-state index in [0.29, 0.717) is 24.9 Å². The molecule has 3 saturated heterocycles. The zero-order valence-corrected chi connectivity index (χ0v) is 29.3. The second kappa shape index (κ2) is 16.0. The van der Waals surface area contributed by atoms with Gasteiger partial charge in [-0.15, -0.1) is 13.2 Å². The molecule has 50 heavy (non-hydrogen) atoms. The normalized spacial score (nSPS) is 24.6. The molecule has 11 nitrogen and oxygen atoms in total. The van der Waals surface area contributed by atoms with Crippen LogP contribution in [0.15, 0.2) is 79.9 Å². The Labute approximate surface area is 294 Å². The van der Waals surface area contributed by atoms with E-state index in [1.54, 1.807) is 24.0 Å². The van der Waals surface area contributed by atoms with Crippen molar-refractivity contribution in [3.8, 4) is 0 Å². The third-order valence-corrected chi connectivity index (χ3v) is 10.4. The zero-order valence-electron chi connectivity index (χ0n) is 29.3. The van der Waals surface area contributed by atoms with Crippen molar-refractivity contribution in [2.45, 2.75) is 76.3 Å². The number of carbonyl (C=O) groups excluding carboxylic acids is 4. The average molecular weight is 687 g/mol. The van der Waals surface area contributed by atoms with Crippen LogP contribution >= 0.6 is 0 Å². The van der Waals surface area contributed by atoms with Gasteiger partial charge in [0.25, 0.3) is 5.91 Å².